The third-order valence-electron chi connectivity index (χ3n) is 2.27. The molecule has 74 valence electrons. The first-order valence-corrected chi connectivity index (χ1v) is 4.51. The Hall–Kier alpha value is -1.55. The molecule has 0 amide bonds. The third-order valence-corrected chi connectivity index (χ3v) is 2.27. The van der Waals surface area contributed by atoms with Crippen molar-refractivity contribution in [2.24, 2.45) is 12.8 Å². The molecular weight excluding hydrogens is 180 g/mol. The molecule has 2 aromatic rings. The van der Waals surface area contributed by atoms with Gasteiger partial charge in [0.25, 0.3) is 0 Å². The Morgan fingerprint density at radius 2 is 2.29 bits per heavy atom. The molecular formula is C10H12N2O2. The molecule has 0 aliphatic carbocycles. The number of nitrogens with zero attached hydrogens (tertiary/aromatic N) is 1. The van der Waals surface area contributed by atoms with E-state index in [1.54, 1.807) is 13.1 Å². The average molecular weight is 192 g/mol. The monoisotopic (exact) mass is 192 g/mol. The number of hydrogen-bond donors (Lipinski definition) is 1. The Morgan fingerprint density at radius 3 is 3.00 bits per heavy atom. The van der Waals surface area contributed by atoms with Gasteiger partial charge in [0.05, 0.1) is 10.9 Å². The van der Waals surface area contributed by atoms with Crippen LogP contribution in [0.15, 0.2) is 27.5 Å². The molecule has 2 N–H and O–H groups in total. The van der Waals surface area contributed by atoms with E-state index in [2.05, 4.69) is 0 Å². The van der Waals surface area contributed by atoms with Gasteiger partial charge in [0.15, 0.2) is 0 Å². The summed E-state index contributed by atoms with van der Waals surface area (Å²) in [4.78, 5) is 11.3. The van der Waals surface area contributed by atoms with Gasteiger partial charge in [-0.25, -0.2) is 9.53 Å². The van der Waals surface area contributed by atoms with E-state index < -0.39 is 0 Å². The summed E-state index contributed by atoms with van der Waals surface area (Å²) in [5, 5.41) is 0.619. The largest absolute Gasteiger partial charge is 0.365 e. The second-order valence-corrected chi connectivity index (χ2v) is 3.27. The van der Waals surface area contributed by atoms with Crippen LogP contribution in [0.1, 0.15) is 5.56 Å². The van der Waals surface area contributed by atoms with E-state index in [0.717, 1.165) is 17.5 Å². The predicted octanol–water partition coefficient (Wildman–Crippen LogP) is 0.633. The van der Waals surface area contributed by atoms with Crippen molar-refractivity contribution >= 4 is 10.9 Å². The zero-order valence-electron chi connectivity index (χ0n) is 7.99. The molecule has 1 aromatic carbocycles. The Kier molecular flexibility index (Phi) is 2.13. The van der Waals surface area contributed by atoms with Gasteiger partial charge in [-0.3, -0.25) is 0 Å². The van der Waals surface area contributed by atoms with Crippen LogP contribution >= 0.6 is 0 Å². The molecule has 0 radical (unpaired) electrons. The maximum atomic E-state index is 11.3. The third kappa shape index (κ3) is 1.33. The number of nitrogens with two attached hydrogens (primary N) is 1. The van der Waals surface area contributed by atoms with E-state index in [9.17, 15) is 4.79 Å². The Morgan fingerprint density at radius 1 is 1.50 bits per heavy atom. The highest BCUT2D eigenvalue weighted by molar-refractivity contribution is 5.78. The smallest absolute Gasteiger partial charge is 0.336 e. The van der Waals surface area contributed by atoms with Crippen molar-refractivity contribution in [3.8, 4) is 0 Å². The van der Waals surface area contributed by atoms with Crippen LogP contribution in [0.3, 0.4) is 0 Å². The van der Waals surface area contributed by atoms with Gasteiger partial charge in [-0.15, -0.1) is 0 Å². The van der Waals surface area contributed by atoms with Crippen LogP contribution in [-0.2, 0) is 13.5 Å². The summed E-state index contributed by atoms with van der Waals surface area (Å²) in [6.07, 6.45) is 0.815. The fourth-order valence-electron chi connectivity index (χ4n) is 1.56. The first-order valence-electron chi connectivity index (χ1n) is 4.51. The van der Waals surface area contributed by atoms with Crippen LogP contribution in [0.25, 0.3) is 10.9 Å². The van der Waals surface area contributed by atoms with Gasteiger partial charge in [-0.05, 0) is 30.7 Å². The maximum absolute atomic E-state index is 11.3. The lowest BCUT2D eigenvalue weighted by molar-refractivity contribution is 0.296. The van der Waals surface area contributed by atoms with Crippen molar-refractivity contribution in [2.45, 2.75) is 6.42 Å². The zero-order valence-corrected chi connectivity index (χ0v) is 7.99. The summed E-state index contributed by atoms with van der Waals surface area (Å²) in [6, 6.07) is 5.63. The highest BCUT2D eigenvalue weighted by atomic mass is 16.5. The second-order valence-electron chi connectivity index (χ2n) is 3.27. The molecule has 0 unspecified atom stereocenters. The normalized spacial score (nSPS) is 11.0. The first kappa shape index (κ1) is 9.02. The van der Waals surface area contributed by atoms with Crippen LogP contribution in [0.2, 0.25) is 0 Å². The molecule has 0 aliphatic heterocycles. The van der Waals surface area contributed by atoms with Gasteiger partial charge in [-0.1, -0.05) is 6.07 Å². The summed E-state index contributed by atoms with van der Waals surface area (Å²) < 4.78 is 6.41. The summed E-state index contributed by atoms with van der Waals surface area (Å²) in [7, 11) is 1.72. The lowest BCUT2D eigenvalue weighted by Gasteiger charge is -1.98. The molecule has 4 heteroatoms. The van der Waals surface area contributed by atoms with Crippen molar-refractivity contribution in [3.63, 3.8) is 0 Å². The van der Waals surface area contributed by atoms with Gasteiger partial charge in [0.2, 0.25) is 0 Å². The molecule has 0 spiro atoms. The number of benzene rings is 1. The topological polar surface area (TPSA) is 61.2 Å². The molecule has 1 aromatic heterocycles. The Balaban J connectivity index is 2.65. The van der Waals surface area contributed by atoms with E-state index in [1.165, 1.54) is 4.74 Å². The van der Waals surface area contributed by atoms with E-state index in [4.69, 9.17) is 10.3 Å². The van der Waals surface area contributed by atoms with Gasteiger partial charge in [0.1, 0.15) is 0 Å². The summed E-state index contributed by atoms with van der Waals surface area (Å²) in [6.45, 7) is 0.608. The molecule has 0 aliphatic rings. The van der Waals surface area contributed by atoms with Gasteiger partial charge in [-0.2, -0.15) is 0 Å². The molecule has 14 heavy (non-hydrogen) atoms. The maximum Gasteiger partial charge on any atom is 0.365 e. The minimum absolute atomic E-state index is 0.290. The minimum atomic E-state index is -0.290. The van der Waals surface area contributed by atoms with Crippen LogP contribution in [0.5, 0.6) is 0 Å². The van der Waals surface area contributed by atoms with Crippen molar-refractivity contribution < 1.29 is 4.52 Å². The first-order chi connectivity index (χ1) is 6.72. The number of hydrogen-bond acceptors (Lipinski definition) is 3. The average Bonchev–Trinajstić information content (AvgIpc) is 2.43. The molecule has 0 saturated carbocycles. The summed E-state index contributed by atoms with van der Waals surface area (Å²) in [5.74, 6) is 0. The fraction of sp³-hybridized carbons (Fsp3) is 0.300. The van der Waals surface area contributed by atoms with Crippen molar-refractivity contribution in [1.82, 2.24) is 4.74 Å². The lowest BCUT2D eigenvalue weighted by atomic mass is 10.1. The van der Waals surface area contributed by atoms with Gasteiger partial charge < -0.3 is 10.3 Å². The van der Waals surface area contributed by atoms with Gasteiger partial charge in [0, 0.05) is 7.05 Å². The zero-order chi connectivity index (χ0) is 10.1. The van der Waals surface area contributed by atoms with Crippen molar-refractivity contribution in [2.75, 3.05) is 6.54 Å². The lowest BCUT2D eigenvalue weighted by Crippen LogP contribution is -2.02. The number of aromatic nitrogens is 1. The molecule has 0 bridgehead atoms. The molecule has 1 heterocycles. The van der Waals surface area contributed by atoms with Crippen LogP contribution in [-0.4, -0.2) is 11.3 Å². The molecule has 0 atom stereocenters. The number of rotatable bonds is 2. The minimum Gasteiger partial charge on any atom is -0.336 e. The highest BCUT2D eigenvalue weighted by Crippen LogP contribution is 2.12. The van der Waals surface area contributed by atoms with E-state index in [1.807, 2.05) is 12.1 Å². The molecule has 4 nitrogen and oxygen atoms in total. The van der Waals surface area contributed by atoms with E-state index in [-0.39, 0.29) is 5.63 Å². The summed E-state index contributed by atoms with van der Waals surface area (Å²) in [5.41, 5.74) is 7.11. The van der Waals surface area contributed by atoms with Gasteiger partial charge >= 0.3 is 5.63 Å². The second kappa shape index (κ2) is 3.31. The summed E-state index contributed by atoms with van der Waals surface area (Å²) >= 11 is 0. The SMILES string of the molecule is Cn1oc(=O)c2ccc(CCN)cc21. The molecule has 2 rings (SSSR count). The standard InChI is InChI=1S/C10H12N2O2/c1-12-9-6-7(4-5-11)2-3-8(9)10(13)14-12/h2-3,6H,4-5,11H2,1H3. The number of aryl methyl sites for hydroxylation is 1. The van der Waals surface area contributed by atoms with Crippen molar-refractivity contribution in [1.29, 1.82) is 0 Å². The van der Waals surface area contributed by atoms with Crippen molar-refractivity contribution in [3.05, 3.63) is 34.2 Å². The fourth-order valence-corrected chi connectivity index (χ4v) is 1.56. The Bertz CT molecular complexity index is 510. The molecule has 0 saturated heterocycles. The van der Waals surface area contributed by atoms with Crippen LogP contribution in [0, 0.1) is 0 Å². The van der Waals surface area contributed by atoms with E-state index in [0.29, 0.717) is 11.9 Å². The predicted molar refractivity (Wildman–Crippen MR) is 54.2 cm³/mol. The van der Waals surface area contributed by atoms with Crippen LogP contribution < -0.4 is 11.4 Å². The molecule has 0 fully saturated rings. The quantitative estimate of drug-likeness (QED) is 0.759. The van der Waals surface area contributed by atoms with E-state index >= 15 is 0 Å². The van der Waals surface area contributed by atoms with Crippen LogP contribution in [0.4, 0.5) is 0 Å². The highest BCUT2D eigenvalue weighted by Gasteiger charge is 2.06. The number of fused-ring (bicyclic) bond motifs is 1. The Labute approximate surface area is 80.9 Å².